The number of amides is 4. The Bertz CT molecular complexity index is 2800. The molecule has 4 amide bonds. The molecule has 5 aromatic rings. The lowest BCUT2D eigenvalue weighted by atomic mass is 9.77. The summed E-state index contributed by atoms with van der Waals surface area (Å²) in [7, 11) is 3.31. The average Bonchev–Trinajstić information content (AvgIpc) is 3.78. The Balaban J connectivity index is 0.789. The number of nitrogens with zero attached hydrogens (tertiary/aromatic N) is 8. The molecule has 16 nitrogen and oxygen atoms in total. The normalized spacial score (nSPS) is 21.5. The van der Waals surface area contributed by atoms with Crippen molar-refractivity contribution in [1.29, 1.82) is 5.26 Å². The Morgan fingerprint density at radius 3 is 2.37 bits per heavy atom. The van der Waals surface area contributed by atoms with Crippen LogP contribution in [-0.4, -0.2) is 118 Å². The summed E-state index contributed by atoms with van der Waals surface area (Å²) in [6.07, 6.45) is 2.15. The molecule has 3 atom stereocenters. The van der Waals surface area contributed by atoms with Gasteiger partial charge in [-0.2, -0.15) is 10.4 Å². The highest BCUT2D eigenvalue weighted by Crippen LogP contribution is 2.40. The van der Waals surface area contributed by atoms with Crippen molar-refractivity contribution in [3.8, 4) is 29.1 Å². The molecule has 67 heavy (non-hydrogen) atoms. The predicted molar refractivity (Wildman–Crippen MR) is 241 cm³/mol. The van der Waals surface area contributed by atoms with E-state index in [4.69, 9.17) is 14.2 Å². The molecule has 4 aliphatic rings. The first kappa shape index (κ1) is 45.2. The number of methoxy groups -OCH3 is 1. The highest BCUT2D eigenvalue weighted by molar-refractivity contribution is 6.21. The van der Waals surface area contributed by atoms with Gasteiger partial charge in [0.15, 0.2) is 11.5 Å². The van der Waals surface area contributed by atoms with E-state index in [2.05, 4.69) is 21.5 Å². The molecule has 0 aliphatic carbocycles. The van der Waals surface area contributed by atoms with Crippen LogP contribution < -0.4 is 24.4 Å². The molecule has 348 valence electrons. The number of carbonyl (C=O) groups is 4. The summed E-state index contributed by atoms with van der Waals surface area (Å²) < 4.78 is 50.9. The molecule has 2 aromatic heterocycles. The number of rotatable bonds is 13. The molecule has 0 saturated carbocycles. The summed E-state index contributed by atoms with van der Waals surface area (Å²) in [5, 5.41) is 17.6. The van der Waals surface area contributed by atoms with Crippen LogP contribution in [0.15, 0.2) is 72.9 Å². The van der Waals surface area contributed by atoms with Gasteiger partial charge in [0.1, 0.15) is 17.3 Å². The molecule has 0 radical (unpaired) electrons. The van der Waals surface area contributed by atoms with Crippen LogP contribution >= 0.6 is 0 Å². The van der Waals surface area contributed by atoms with Gasteiger partial charge >= 0.3 is 0 Å². The Hall–Kier alpha value is -6.97. The van der Waals surface area contributed by atoms with Crippen LogP contribution in [0, 0.1) is 11.3 Å². The van der Waals surface area contributed by atoms with Crippen molar-refractivity contribution < 1.29 is 42.2 Å². The molecule has 0 unspecified atom stereocenters. The zero-order valence-corrected chi connectivity index (χ0v) is 37.8. The number of anilines is 1. The Morgan fingerprint density at radius 1 is 0.925 bits per heavy atom. The van der Waals surface area contributed by atoms with E-state index in [1.165, 1.54) is 13.3 Å². The third-order valence-corrected chi connectivity index (χ3v) is 13.5. The second kappa shape index (κ2) is 18.0. The number of pyridine rings is 1. The van der Waals surface area contributed by atoms with Crippen LogP contribution in [-0.2, 0) is 28.6 Å². The second-order valence-corrected chi connectivity index (χ2v) is 17.7. The summed E-state index contributed by atoms with van der Waals surface area (Å²) in [5.74, 6) is -2.16. The fourth-order valence-corrected chi connectivity index (χ4v) is 9.85. The van der Waals surface area contributed by atoms with Crippen molar-refractivity contribution in [3.05, 3.63) is 101 Å². The molecule has 0 bridgehead atoms. The molecule has 1 N–H and O–H groups in total. The quantitative estimate of drug-likeness (QED) is 0.134. The highest BCUT2D eigenvalue weighted by Gasteiger charge is 2.48. The maximum Gasteiger partial charge on any atom is 0.275 e. The number of piperidine rings is 2. The molecule has 3 fully saturated rings. The van der Waals surface area contributed by atoms with E-state index < -0.39 is 35.2 Å². The number of hydrogen-bond donors (Lipinski definition) is 1. The number of benzene rings is 3. The lowest BCUT2D eigenvalue weighted by Gasteiger charge is -2.46. The third kappa shape index (κ3) is 8.53. The highest BCUT2D eigenvalue weighted by atomic mass is 19.3. The number of fused-ring (bicyclic) bond motifs is 2. The van der Waals surface area contributed by atoms with Crippen LogP contribution in [0.5, 0.6) is 23.0 Å². The number of nitrogens with one attached hydrogen (secondary N) is 1. The molecule has 3 aromatic carbocycles. The molecule has 0 spiro atoms. The van der Waals surface area contributed by atoms with E-state index in [9.17, 15) is 24.4 Å². The van der Waals surface area contributed by atoms with E-state index in [0.29, 0.717) is 98.8 Å². The number of imide groups is 2. The van der Waals surface area contributed by atoms with Gasteiger partial charge in [0.05, 0.1) is 72.6 Å². The Morgan fingerprint density at radius 2 is 1.67 bits per heavy atom. The summed E-state index contributed by atoms with van der Waals surface area (Å²) in [6.45, 7) is 6.02. The SMILES string of the molecule is CCOc1cc([C@@H](CC#N)N2C(=O)c3cnc(N4CCN([C@@H]5CCN(Cc6ccc(Oc7ccc8c([C@@]9(C)CCC(=O)NC9=O)nn(C)c8c7)cc6)CC5(F)F)CC4)cc3C2=O)ccc1OC. The third-order valence-electron chi connectivity index (χ3n) is 13.5. The molecular formula is C49H51F2N9O7. The topological polar surface area (TPSA) is 175 Å². The van der Waals surface area contributed by atoms with E-state index in [0.717, 1.165) is 21.4 Å². The first-order valence-corrected chi connectivity index (χ1v) is 22.4. The van der Waals surface area contributed by atoms with Crippen LogP contribution in [0.1, 0.15) is 83.1 Å². The lowest BCUT2D eigenvalue weighted by Crippen LogP contribution is -2.61. The number of nitriles is 1. The van der Waals surface area contributed by atoms with E-state index >= 15 is 8.78 Å². The van der Waals surface area contributed by atoms with Gasteiger partial charge in [-0.3, -0.25) is 43.9 Å². The van der Waals surface area contributed by atoms with Crippen molar-refractivity contribution >= 4 is 40.3 Å². The van der Waals surface area contributed by atoms with Crippen LogP contribution in [0.3, 0.4) is 0 Å². The number of piperazine rings is 1. The van der Waals surface area contributed by atoms with Crippen molar-refractivity contribution in [1.82, 2.24) is 34.8 Å². The minimum absolute atomic E-state index is 0.135. The standard InChI is InChI=1S/C49H51F2N9O7/c1-5-66-40-24-31(8-13-39(40)65-4)37(15-18-52)60-45(62)35-26-42(53-27-36(35)46(60)63)59-22-20-58(21-23-59)41-16-19-57(29-49(41,50)51)28-30-6-9-32(10-7-30)67-33-11-12-34-38(25-33)56(3)55-44(34)48(2)17-14-43(61)54-47(48)64/h6-13,24-27,37,41H,5,14-17,19-23,28-29H2,1-4H3,(H,54,61,64)/t37-,41-,48-/m1/s1. The fourth-order valence-electron chi connectivity index (χ4n) is 9.85. The number of alkyl halides is 2. The minimum Gasteiger partial charge on any atom is -0.493 e. The Labute approximate surface area is 386 Å². The maximum absolute atomic E-state index is 16.0. The molecule has 4 aliphatic heterocycles. The first-order valence-electron chi connectivity index (χ1n) is 22.4. The minimum atomic E-state index is -2.96. The Kier molecular flexibility index (Phi) is 12.2. The average molecular weight is 916 g/mol. The van der Waals surface area contributed by atoms with Gasteiger partial charge in [0, 0.05) is 70.4 Å². The summed E-state index contributed by atoms with van der Waals surface area (Å²) in [5.41, 5.74) is 2.18. The van der Waals surface area contributed by atoms with Gasteiger partial charge in [0.25, 0.3) is 17.7 Å². The van der Waals surface area contributed by atoms with E-state index in [1.54, 1.807) is 47.8 Å². The number of hydrogen-bond acceptors (Lipinski definition) is 13. The zero-order chi connectivity index (χ0) is 47.2. The van der Waals surface area contributed by atoms with Gasteiger partial charge < -0.3 is 19.1 Å². The maximum atomic E-state index is 16.0. The van der Waals surface area contributed by atoms with E-state index in [-0.39, 0.29) is 42.3 Å². The predicted octanol–water partition coefficient (Wildman–Crippen LogP) is 6.14. The molecular weight excluding hydrogens is 865 g/mol. The van der Waals surface area contributed by atoms with Gasteiger partial charge in [-0.25, -0.2) is 13.8 Å². The second-order valence-electron chi connectivity index (χ2n) is 17.7. The molecule has 3 saturated heterocycles. The zero-order valence-electron chi connectivity index (χ0n) is 37.8. The number of halogens is 2. The number of aryl methyl sites for hydroxylation is 1. The number of carbonyl (C=O) groups excluding carboxylic acids is 4. The summed E-state index contributed by atoms with van der Waals surface area (Å²) in [4.78, 5) is 63.4. The van der Waals surface area contributed by atoms with Crippen molar-refractivity contribution in [2.24, 2.45) is 7.05 Å². The number of likely N-dealkylation sites (tertiary alicyclic amines) is 1. The summed E-state index contributed by atoms with van der Waals surface area (Å²) in [6, 6.07) is 19.9. The summed E-state index contributed by atoms with van der Waals surface area (Å²) >= 11 is 0. The molecule has 9 rings (SSSR count). The smallest absolute Gasteiger partial charge is 0.275 e. The fraction of sp³-hybridized carbons (Fsp3) is 0.408. The lowest BCUT2D eigenvalue weighted by molar-refractivity contribution is -0.137. The number of ether oxygens (including phenoxy) is 3. The van der Waals surface area contributed by atoms with Gasteiger partial charge in [-0.1, -0.05) is 18.2 Å². The van der Waals surface area contributed by atoms with Crippen molar-refractivity contribution in [2.45, 2.75) is 69.5 Å². The van der Waals surface area contributed by atoms with Crippen LogP contribution in [0.2, 0.25) is 0 Å². The van der Waals surface area contributed by atoms with E-state index in [1.807, 2.05) is 59.2 Å². The number of aromatic nitrogens is 3. The van der Waals surface area contributed by atoms with Crippen molar-refractivity contribution in [3.63, 3.8) is 0 Å². The van der Waals surface area contributed by atoms with Gasteiger partial charge in [0.2, 0.25) is 11.8 Å². The molecule has 6 heterocycles. The van der Waals surface area contributed by atoms with Crippen LogP contribution in [0.25, 0.3) is 10.9 Å². The first-order chi connectivity index (χ1) is 32.2. The van der Waals surface area contributed by atoms with Gasteiger partial charge in [-0.15, -0.1) is 0 Å². The van der Waals surface area contributed by atoms with Crippen molar-refractivity contribution in [2.75, 3.05) is 57.9 Å². The molecule has 18 heteroatoms. The van der Waals surface area contributed by atoms with Crippen LogP contribution in [0.4, 0.5) is 14.6 Å². The van der Waals surface area contributed by atoms with Gasteiger partial charge in [-0.05, 0) is 80.3 Å². The largest absolute Gasteiger partial charge is 0.493 e. The monoisotopic (exact) mass is 915 g/mol.